The number of thiol groups is 1. The molecule has 0 aromatic heterocycles. The third-order valence-electron chi connectivity index (χ3n) is 2.27. The number of hydrogen-bond acceptors (Lipinski definition) is 3. The SMILES string of the molecule is Cc1ccc(C[C@@H](S)C(=O)[O-])cc1C. The Morgan fingerprint density at radius 1 is 1.43 bits per heavy atom. The van der Waals surface area contributed by atoms with Crippen LogP contribution in [0.4, 0.5) is 0 Å². The lowest BCUT2D eigenvalue weighted by atomic mass is 10.0. The van der Waals surface area contributed by atoms with E-state index in [1.54, 1.807) is 0 Å². The second-order valence-corrected chi connectivity index (χ2v) is 4.08. The number of carbonyl (C=O) groups excluding carboxylic acids is 1. The average molecular weight is 209 g/mol. The molecule has 0 N–H and O–H groups in total. The van der Waals surface area contributed by atoms with Gasteiger partial charge in [0.15, 0.2) is 0 Å². The predicted molar refractivity (Wildman–Crippen MR) is 57.4 cm³/mol. The van der Waals surface area contributed by atoms with Crippen molar-refractivity contribution in [3.63, 3.8) is 0 Å². The standard InChI is InChI=1S/C11H14O2S/c1-7-3-4-9(5-8(7)2)6-10(14)11(12)13/h3-5,10,14H,6H2,1-2H3,(H,12,13)/p-1/t10-/m1/s1. The Bertz CT molecular complexity index is 347. The number of rotatable bonds is 3. The van der Waals surface area contributed by atoms with E-state index < -0.39 is 11.2 Å². The molecule has 0 amide bonds. The van der Waals surface area contributed by atoms with Crippen molar-refractivity contribution in [1.82, 2.24) is 0 Å². The predicted octanol–water partition coefficient (Wildman–Crippen LogP) is 0.894. The van der Waals surface area contributed by atoms with Crippen LogP contribution in [0, 0.1) is 13.8 Å². The van der Waals surface area contributed by atoms with E-state index in [1.165, 1.54) is 11.1 Å². The van der Waals surface area contributed by atoms with Gasteiger partial charge in [-0.05, 0) is 37.0 Å². The van der Waals surface area contributed by atoms with E-state index >= 15 is 0 Å². The molecular weight excluding hydrogens is 196 g/mol. The van der Waals surface area contributed by atoms with Crippen LogP contribution in [0.2, 0.25) is 0 Å². The molecule has 0 fully saturated rings. The van der Waals surface area contributed by atoms with Crippen LogP contribution in [0.15, 0.2) is 18.2 Å². The summed E-state index contributed by atoms with van der Waals surface area (Å²) >= 11 is 3.93. The summed E-state index contributed by atoms with van der Waals surface area (Å²) in [6, 6.07) is 5.90. The molecule has 1 rings (SSSR count). The summed E-state index contributed by atoms with van der Waals surface area (Å²) in [6.45, 7) is 4.03. The van der Waals surface area contributed by atoms with Gasteiger partial charge in [-0.1, -0.05) is 18.2 Å². The van der Waals surface area contributed by atoms with Crippen molar-refractivity contribution in [3.8, 4) is 0 Å². The lowest BCUT2D eigenvalue weighted by Crippen LogP contribution is -2.33. The van der Waals surface area contributed by atoms with Crippen LogP contribution in [0.25, 0.3) is 0 Å². The van der Waals surface area contributed by atoms with Crippen LogP contribution in [-0.2, 0) is 11.2 Å². The first-order valence-corrected chi connectivity index (χ1v) is 4.97. The van der Waals surface area contributed by atoms with E-state index in [1.807, 2.05) is 32.0 Å². The van der Waals surface area contributed by atoms with Gasteiger partial charge >= 0.3 is 0 Å². The van der Waals surface area contributed by atoms with Crippen LogP contribution < -0.4 is 5.11 Å². The van der Waals surface area contributed by atoms with Crippen molar-refractivity contribution in [2.24, 2.45) is 0 Å². The van der Waals surface area contributed by atoms with E-state index in [4.69, 9.17) is 0 Å². The van der Waals surface area contributed by atoms with Crippen LogP contribution in [-0.4, -0.2) is 11.2 Å². The minimum atomic E-state index is -1.12. The van der Waals surface area contributed by atoms with Gasteiger partial charge < -0.3 is 9.90 Å². The number of aliphatic carboxylic acids is 1. The average Bonchev–Trinajstić information content (AvgIpc) is 2.11. The van der Waals surface area contributed by atoms with Crippen molar-refractivity contribution < 1.29 is 9.90 Å². The topological polar surface area (TPSA) is 40.1 Å². The van der Waals surface area contributed by atoms with Crippen molar-refractivity contribution in [2.45, 2.75) is 25.5 Å². The van der Waals surface area contributed by atoms with E-state index in [9.17, 15) is 9.90 Å². The maximum atomic E-state index is 10.5. The number of carboxylic acids is 1. The van der Waals surface area contributed by atoms with Gasteiger partial charge in [-0.15, -0.1) is 0 Å². The molecule has 0 radical (unpaired) electrons. The summed E-state index contributed by atoms with van der Waals surface area (Å²) in [4.78, 5) is 10.5. The van der Waals surface area contributed by atoms with Gasteiger partial charge in [-0.25, -0.2) is 0 Å². The molecule has 0 aliphatic carbocycles. The van der Waals surface area contributed by atoms with Gasteiger partial charge in [-0.2, -0.15) is 12.6 Å². The summed E-state index contributed by atoms with van der Waals surface area (Å²) in [5.74, 6) is -1.12. The zero-order valence-corrected chi connectivity index (χ0v) is 9.17. The fraction of sp³-hybridized carbons (Fsp3) is 0.364. The smallest absolute Gasteiger partial charge is 0.0545 e. The van der Waals surface area contributed by atoms with E-state index in [0.29, 0.717) is 6.42 Å². The fourth-order valence-corrected chi connectivity index (χ4v) is 1.45. The molecule has 0 heterocycles. The molecule has 0 aliphatic heterocycles. The quantitative estimate of drug-likeness (QED) is 0.751. The Labute approximate surface area is 89.4 Å². The number of benzene rings is 1. The van der Waals surface area contributed by atoms with Gasteiger partial charge in [0, 0.05) is 5.25 Å². The second kappa shape index (κ2) is 4.51. The summed E-state index contributed by atoms with van der Waals surface area (Å²) in [5, 5.41) is 9.74. The maximum Gasteiger partial charge on any atom is 0.0545 e. The Morgan fingerprint density at radius 3 is 2.57 bits per heavy atom. The Hall–Kier alpha value is -0.960. The van der Waals surface area contributed by atoms with Crippen molar-refractivity contribution in [2.75, 3.05) is 0 Å². The van der Waals surface area contributed by atoms with Gasteiger partial charge in [0.1, 0.15) is 0 Å². The Balaban J connectivity index is 2.78. The maximum absolute atomic E-state index is 10.5. The highest BCUT2D eigenvalue weighted by Gasteiger charge is 2.05. The first-order valence-electron chi connectivity index (χ1n) is 4.45. The van der Waals surface area contributed by atoms with E-state index in [2.05, 4.69) is 12.6 Å². The normalized spacial score (nSPS) is 12.5. The lowest BCUT2D eigenvalue weighted by Gasteiger charge is -2.12. The highest BCUT2D eigenvalue weighted by Crippen LogP contribution is 2.13. The third kappa shape index (κ3) is 2.77. The highest BCUT2D eigenvalue weighted by molar-refractivity contribution is 7.81. The molecule has 1 aromatic carbocycles. The number of aryl methyl sites for hydroxylation is 2. The highest BCUT2D eigenvalue weighted by atomic mass is 32.1. The molecule has 0 aliphatic rings. The third-order valence-corrected chi connectivity index (χ3v) is 2.67. The molecule has 0 unspecified atom stereocenters. The minimum absolute atomic E-state index is 0.409. The van der Waals surface area contributed by atoms with Crippen LogP contribution in [0.5, 0.6) is 0 Å². The molecular formula is C11H13O2S-. The monoisotopic (exact) mass is 209 g/mol. The molecule has 1 aromatic rings. The Kier molecular flexibility index (Phi) is 3.58. The molecule has 2 nitrogen and oxygen atoms in total. The van der Waals surface area contributed by atoms with Crippen molar-refractivity contribution >= 4 is 18.6 Å². The van der Waals surface area contributed by atoms with Crippen molar-refractivity contribution in [3.05, 3.63) is 34.9 Å². The fourth-order valence-electron chi connectivity index (χ4n) is 1.24. The summed E-state index contributed by atoms with van der Waals surface area (Å²) in [6.07, 6.45) is 0.409. The largest absolute Gasteiger partial charge is 0.549 e. The molecule has 0 spiro atoms. The van der Waals surface area contributed by atoms with Crippen molar-refractivity contribution in [1.29, 1.82) is 0 Å². The first-order chi connectivity index (χ1) is 6.50. The zero-order chi connectivity index (χ0) is 10.7. The number of hydrogen-bond donors (Lipinski definition) is 1. The molecule has 0 saturated heterocycles. The summed E-state index contributed by atoms with van der Waals surface area (Å²) in [7, 11) is 0. The minimum Gasteiger partial charge on any atom is -0.549 e. The van der Waals surface area contributed by atoms with E-state index in [0.717, 1.165) is 5.56 Å². The van der Waals surface area contributed by atoms with Crippen LogP contribution in [0.3, 0.4) is 0 Å². The molecule has 1 atom stereocenters. The van der Waals surface area contributed by atoms with E-state index in [-0.39, 0.29) is 0 Å². The molecule has 14 heavy (non-hydrogen) atoms. The molecule has 0 saturated carbocycles. The Morgan fingerprint density at radius 2 is 2.07 bits per heavy atom. The molecule has 3 heteroatoms. The number of carboxylic acid groups (broad SMARTS) is 1. The van der Waals surface area contributed by atoms with Crippen LogP contribution >= 0.6 is 12.6 Å². The van der Waals surface area contributed by atoms with Gasteiger partial charge in [0.25, 0.3) is 0 Å². The van der Waals surface area contributed by atoms with Crippen LogP contribution in [0.1, 0.15) is 16.7 Å². The van der Waals surface area contributed by atoms with Gasteiger partial charge in [0.05, 0.1) is 5.97 Å². The zero-order valence-electron chi connectivity index (χ0n) is 8.28. The lowest BCUT2D eigenvalue weighted by molar-refractivity contribution is -0.304. The molecule has 76 valence electrons. The summed E-state index contributed by atoms with van der Waals surface area (Å²) in [5.41, 5.74) is 3.36. The summed E-state index contributed by atoms with van der Waals surface area (Å²) < 4.78 is 0. The van der Waals surface area contributed by atoms with Gasteiger partial charge in [0.2, 0.25) is 0 Å². The molecule has 0 bridgehead atoms. The number of carbonyl (C=O) groups is 1. The first kappa shape index (κ1) is 11.1. The second-order valence-electron chi connectivity index (χ2n) is 3.46. The van der Waals surface area contributed by atoms with Gasteiger partial charge in [-0.3, -0.25) is 0 Å².